The van der Waals surface area contributed by atoms with E-state index in [0.29, 0.717) is 11.3 Å². The zero-order valence-electron chi connectivity index (χ0n) is 11.1. The van der Waals surface area contributed by atoms with Gasteiger partial charge in [-0.05, 0) is 36.6 Å². The number of carbonyl (C=O) groups is 1. The van der Waals surface area contributed by atoms with E-state index in [1.54, 1.807) is 12.1 Å². The number of hydrogen-bond acceptors (Lipinski definition) is 2. The van der Waals surface area contributed by atoms with Crippen molar-refractivity contribution in [1.82, 2.24) is 0 Å². The van der Waals surface area contributed by atoms with E-state index >= 15 is 0 Å². The van der Waals surface area contributed by atoms with Gasteiger partial charge in [-0.3, -0.25) is 0 Å². The van der Waals surface area contributed by atoms with Gasteiger partial charge in [-0.25, -0.2) is 4.79 Å². The van der Waals surface area contributed by atoms with E-state index in [-0.39, 0.29) is 5.97 Å². The van der Waals surface area contributed by atoms with Crippen molar-refractivity contribution in [3.8, 4) is 5.75 Å². The summed E-state index contributed by atoms with van der Waals surface area (Å²) in [4.78, 5) is 12.2. The van der Waals surface area contributed by atoms with Crippen molar-refractivity contribution < 1.29 is 9.53 Å². The van der Waals surface area contributed by atoms with E-state index in [4.69, 9.17) is 4.74 Å². The smallest absolute Gasteiger partial charge is 0.343 e. The van der Waals surface area contributed by atoms with Gasteiger partial charge in [-0.1, -0.05) is 49.7 Å². The zero-order valence-corrected chi connectivity index (χ0v) is 11.1. The fourth-order valence-electron chi connectivity index (χ4n) is 1.96. The van der Waals surface area contributed by atoms with Crippen LogP contribution in [-0.4, -0.2) is 5.97 Å². The second-order valence-corrected chi connectivity index (χ2v) is 4.46. The molecule has 0 fully saturated rings. The summed E-state index contributed by atoms with van der Waals surface area (Å²) in [6, 6.07) is 16.8. The highest BCUT2D eigenvalue weighted by Gasteiger charge is 2.12. The van der Waals surface area contributed by atoms with Gasteiger partial charge in [-0.2, -0.15) is 0 Å². The minimum atomic E-state index is -0.280. The highest BCUT2D eigenvalue weighted by atomic mass is 16.5. The first-order valence-electron chi connectivity index (χ1n) is 6.66. The Morgan fingerprint density at radius 1 is 1.00 bits per heavy atom. The van der Waals surface area contributed by atoms with Crippen LogP contribution in [0.2, 0.25) is 0 Å². The molecule has 2 rings (SSSR count). The Kier molecular flexibility index (Phi) is 4.73. The summed E-state index contributed by atoms with van der Waals surface area (Å²) < 4.78 is 5.38. The number of hydrogen-bond donors (Lipinski definition) is 0. The lowest BCUT2D eigenvalue weighted by Gasteiger charge is -2.08. The van der Waals surface area contributed by atoms with Gasteiger partial charge in [-0.15, -0.1) is 0 Å². The Morgan fingerprint density at radius 2 is 1.68 bits per heavy atom. The Balaban J connectivity index is 2.14. The predicted octanol–water partition coefficient (Wildman–Crippen LogP) is 4.25. The normalized spacial score (nSPS) is 10.2. The first kappa shape index (κ1) is 13.3. The molecule has 0 aromatic heterocycles. The SMILES string of the molecule is CCCCc1ccccc1C(=O)Oc1ccccc1. The van der Waals surface area contributed by atoms with Gasteiger partial charge in [0, 0.05) is 0 Å². The molecule has 0 saturated heterocycles. The minimum absolute atomic E-state index is 0.280. The maximum Gasteiger partial charge on any atom is 0.343 e. The van der Waals surface area contributed by atoms with Crippen LogP contribution in [0.3, 0.4) is 0 Å². The largest absolute Gasteiger partial charge is 0.423 e. The quantitative estimate of drug-likeness (QED) is 0.589. The highest BCUT2D eigenvalue weighted by molar-refractivity contribution is 5.92. The van der Waals surface area contributed by atoms with Crippen LogP contribution >= 0.6 is 0 Å². The van der Waals surface area contributed by atoms with Crippen molar-refractivity contribution in [3.63, 3.8) is 0 Å². The molecule has 0 bridgehead atoms. The van der Waals surface area contributed by atoms with Gasteiger partial charge in [0.15, 0.2) is 0 Å². The molecule has 0 heterocycles. The molecule has 0 spiro atoms. The fourth-order valence-corrected chi connectivity index (χ4v) is 1.96. The van der Waals surface area contributed by atoms with Crippen molar-refractivity contribution in [2.24, 2.45) is 0 Å². The van der Waals surface area contributed by atoms with Crippen molar-refractivity contribution >= 4 is 5.97 Å². The Bertz CT molecular complexity index is 532. The lowest BCUT2D eigenvalue weighted by atomic mass is 10.0. The molecule has 0 amide bonds. The van der Waals surface area contributed by atoms with E-state index in [1.165, 1.54) is 0 Å². The molecule has 0 radical (unpaired) electrons. The number of carbonyl (C=O) groups excluding carboxylic acids is 1. The molecule has 0 atom stereocenters. The average Bonchev–Trinajstić information content (AvgIpc) is 2.46. The number of unbranched alkanes of at least 4 members (excludes halogenated alkanes) is 1. The number of esters is 1. The molecule has 2 aromatic carbocycles. The first-order chi connectivity index (χ1) is 9.31. The molecule has 0 N–H and O–H groups in total. The van der Waals surface area contributed by atoms with Crippen LogP contribution in [0.5, 0.6) is 5.75 Å². The predicted molar refractivity (Wildman–Crippen MR) is 76.5 cm³/mol. The third-order valence-corrected chi connectivity index (χ3v) is 2.99. The average molecular weight is 254 g/mol. The van der Waals surface area contributed by atoms with Gasteiger partial charge in [0.05, 0.1) is 5.56 Å². The van der Waals surface area contributed by atoms with E-state index in [9.17, 15) is 4.79 Å². The molecule has 98 valence electrons. The summed E-state index contributed by atoms with van der Waals surface area (Å²) in [6.45, 7) is 2.14. The summed E-state index contributed by atoms with van der Waals surface area (Å²) in [5.41, 5.74) is 1.73. The number of rotatable bonds is 5. The fraction of sp³-hybridized carbons (Fsp3) is 0.235. The van der Waals surface area contributed by atoms with E-state index in [1.807, 2.05) is 42.5 Å². The van der Waals surface area contributed by atoms with Crippen LogP contribution < -0.4 is 4.74 Å². The molecule has 2 nitrogen and oxygen atoms in total. The molecule has 2 aromatic rings. The highest BCUT2D eigenvalue weighted by Crippen LogP contribution is 2.16. The molecule has 0 saturated carbocycles. The third-order valence-electron chi connectivity index (χ3n) is 2.99. The van der Waals surface area contributed by atoms with E-state index in [0.717, 1.165) is 24.8 Å². The molecule has 0 aliphatic heterocycles. The van der Waals surface area contributed by atoms with Crippen molar-refractivity contribution in [3.05, 3.63) is 65.7 Å². The van der Waals surface area contributed by atoms with Crippen LogP contribution in [0.15, 0.2) is 54.6 Å². The molecular weight excluding hydrogens is 236 g/mol. The summed E-state index contributed by atoms with van der Waals surface area (Å²) >= 11 is 0. The molecule has 0 aliphatic carbocycles. The van der Waals surface area contributed by atoms with Crippen LogP contribution in [0, 0.1) is 0 Å². The lowest BCUT2D eigenvalue weighted by Crippen LogP contribution is -2.11. The Labute approximate surface area is 114 Å². The lowest BCUT2D eigenvalue weighted by molar-refractivity contribution is 0.0733. The third kappa shape index (κ3) is 3.68. The number of para-hydroxylation sites is 1. The number of aryl methyl sites for hydroxylation is 1. The minimum Gasteiger partial charge on any atom is -0.423 e. The van der Waals surface area contributed by atoms with Gasteiger partial charge in [0.25, 0.3) is 0 Å². The second-order valence-electron chi connectivity index (χ2n) is 4.46. The standard InChI is InChI=1S/C17H18O2/c1-2-3-9-14-10-7-8-13-16(14)17(18)19-15-11-5-4-6-12-15/h4-8,10-13H,2-3,9H2,1H3. The molecule has 0 aliphatic rings. The summed E-state index contributed by atoms with van der Waals surface area (Å²) in [5.74, 6) is 0.302. The number of ether oxygens (including phenoxy) is 1. The van der Waals surface area contributed by atoms with Crippen molar-refractivity contribution in [2.45, 2.75) is 26.2 Å². The maximum absolute atomic E-state index is 12.2. The number of benzene rings is 2. The summed E-state index contributed by atoms with van der Waals surface area (Å²) in [5, 5.41) is 0. The van der Waals surface area contributed by atoms with Crippen LogP contribution in [0.1, 0.15) is 35.7 Å². The molecule has 19 heavy (non-hydrogen) atoms. The molecule has 2 heteroatoms. The van der Waals surface area contributed by atoms with Gasteiger partial charge < -0.3 is 4.74 Å². The second kappa shape index (κ2) is 6.74. The summed E-state index contributed by atoms with van der Waals surface area (Å²) in [7, 11) is 0. The van der Waals surface area contributed by atoms with Crippen LogP contribution in [0.25, 0.3) is 0 Å². The Hall–Kier alpha value is -2.09. The van der Waals surface area contributed by atoms with Crippen LogP contribution in [-0.2, 0) is 6.42 Å². The first-order valence-corrected chi connectivity index (χ1v) is 6.66. The van der Waals surface area contributed by atoms with Crippen LogP contribution in [0.4, 0.5) is 0 Å². The van der Waals surface area contributed by atoms with E-state index < -0.39 is 0 Å². The molecular formula is C17H18O2. The van der Waals surface area contributed by atoms with Gasteiger partial charge >= 0.3 is 5.97 Å². The van der Waals surface area contributed by atoms with Gasteiger partial charge in [0.1, 0.15) is 5.75 Å². The zero-order chi connectivity index (χ0) is 13.5. The maximum atomic E-state index is 12.2. The molecule has 0 unspecified atom stereocenters. The Morgan fingerprint density at radius 3 is 2.42 bits per heavy atom. The summed E-state index contributed by atoms with van der Waals surface area (Å²) in [6.07, 6.45) is 3.11. The van der Waals surface area contributed by atoms with Gasteiger partial charge in [0.2, 0.25) is 0 Å². The topological polar surface area (TPSA) is 26.3 Å². The van der Waals surface area contributed by atoms with Crippen molar-refractivity contribution in [2.75, 3.05) is 0 Å². The van der Waals surface area contributed by atoms with Crippen molar-refractivity contribution in [1.29, 1.82) is 0 Å². The van der Waals surface area contributed by atoms with E-state index in [2.05, 4.69) is 6.92 Å². The monoisotopic (exact) mass is 254 g/mol.